The van der Waals surface area contributed by atoms with Gasteiger partial charge >= 0.3 is 0 Å². The average molecular weight is 272 g/mol. The Labute approximate surface area is 118 Å². The van der Waals surface area contributed by atoms with Crippen LogP contribution in [0.4, 0.5) is 5.69 Å². The lowest BCUT2D eigenvalue weighted by Crippen LogP contribution is -2.46. The Morgan fingerprint density at radius 3 is 2.75 bits per heavy atom. The van der Waals surface area contributed by atoms with Gasteiger partial charge in [-0.15, -0.1) is 0 Å². The van der Waals surface area contributed by atoms with E-state index in [1.807, 2.05) is 18.2 Å². The summed E-state index contributed by atoms with van der Waals surface area (Å²) in [4.78, 5) is 9.57. The Hall–Kier alpha value is -1.59. The van der Waals surface area contributed by atoms with Crippen LogP contribution in [0.5, 0.6) is 0 Å². The van der Waals surface area contributed by atoms with E-state index in [0.29, 0.717) is 0 Å². The van der Waals surface area contributed by atoms with E-state index < -0.39 is 0 Å². The highest BCUT2D eigenvalue weighted by atomic mass is 16.3. The maximum absolute atomic E-state index is 5.79. The fraction of sp³-hybridized carbons (Fsp3) is 0.533. The molecule has 0 radical (unpaired) electrons. The number of nitrogen functional groups attached to an aromatic ring is 1. The molecule has 106 valence electrons. The highest BCUT2D eigenvalue weighted by Crippen LogP contribution is 2.27. The van der Waals surface area contributed by atoms with Gasteiger partial charge in [-0.2, -0.15) is 0 Å². The van der Waals surface area contributed by atoms with E-state index >= 15 is 0 Å². The van der Waals surface area contributed by atoms with Gasteiger partial charge in [0.25, 0.3) is 0 Å². The van der Waals surface area contributed by atoms with E-state index in [1.165, 1.54) is 25.9 Å². The number of nitrogens with zero attached hydrogens (tertiary/aromatic N) is 3. The van der Waals surface area contributed by atoms with Crippen molar-refractivity contribution in [1.29, 1.82) is 0 Å². The molecule has 1 aliphatic heterocycles. The molecule has 1 saturated carbocycles. The van der Waals surface area contributed by atoms with Gasteiger partial charge in [0.2, 0.25) is 5.89 Å². The number of nitrogens with two attached hydrogens (primary N) is 1. The van der Waals surface area contributed by atoms with Crippen LogP contribution in [0.15, 0.2) is 22.6 Å². The van der Waals surface area contributed by atoms with Crippen molar-refractivity contribution < 1.29 is 4.42 Å². The maximum Gasteiger partial charge on any atom is 0.209 e. The van der Waals surface area contributed by atoms with Crippen molar-refractivity contribution in [3.63, 3.8) is 0 Å². The third kappa shape index (κ3) is 2.39. The predicted molar refractivity (Wildman–Crippen MR) is 78.3 cm³/mol. The van der Waals surface area contributed by atoms with Crippen LogP contribution in [0.25, 0.3) is 11.1 Å². The molecule has 5 heteroatoms. The number of hydrogen-bond acceptors (Lipinski definition) is 5. The number of piperazine rings is 1. The summed E-state index contributed by atoms with van der Waals surface area (Å²) in [7, 11) is 0. The molecule has 0 unspecified atom stereocenters. The molecule has 5 nitrogen and oxygen atoms in total. The fourth-order valence-corrected chi connectivity index (χ4v) is 2.98. The number of hydrogen-bond donors (Lipinski definition) is 1. The molecule has 1 saturated heterocycles. The Morgan fingerprint density at radius 1 is 1.20 bits per heavy atom. The zero-order valence-electron chi connectivity index (χ0n) is 11.6. The molecule has 0 amide bonds. The van der Waals surface area contributed by atoms with Crippen LogP contribution in [0, 0.1) is 0 Å². The third-order valence-corrected chi connectivity index (χ3v) is 4.28. The van der Waals surface area contributed by atoms with Crippen molar-refractivity contribution in [2.24, 2.45) is 0 Å². The zero-order chi connectivity index (χ0) is 13.5. The number of rotatable bonds is 3. The van der Waals surface area contributed by atoms with Crippen LogP contribution < -0.4 is 5.73 Å². The SMILES string of the molecule is Nc1ccc2oc(CN3CCN(C4CC4)CC3)nc2c1. The van der Waals surface area contributed by atoms with Gasteiger partial charge in [0, 0.05) is 37.9 Å². The summed E-state index contributed by atoms with van der Waals surface area (Å²) in [5.74, 6) is 0.797. The first-order valence-corrected chi connectivity index (χ1v) is 7.39. The van der Waals surface area contributed by atoms with E-state index in [9.17, 15) is 0 Å². The Morgan fingerprint density at radius 2 is 2.00 bits per heavy atom. The summed E-state index contributed by atoms with van der Waals surface area (Å²) in [6, 6.07) is 6.50. The molecule has 2 fully saturated rings. The van der Waals surface area contributed by atoms with Crippen LogP contribution in [0.2, 0.25) is 0 Å². The second-order valence-electron chi connectivity index (χ2n) is 5.88. The van der Waals surface area contributed by atoms with Crippen molar-refractivity contribution in [2.75, 3.05) is 31.9 Å². The highest BCUT2D eigenvalue weighted by molar-refractivity contribution is 5.76. The van der Waals surface area contributed by atoms with Gasteiger partial charge in [-0.1, -0.05) is 0 Å². The van der Waals surface area contributed by atoms with Gasteiger partial charge in [0.05, 0.1) is 6.54 Å². The van der Waals surface area contributed by atoms with Crippen LogP contribution in [-0.2, 0) is 6.54 Å². The molecule has 1 aromatic heterocycles. The minimum Gasteiger partial charge on any atom is -0.439 e. The number of oxazole rings is 1. The minimum absolute atomic E-state index is 0.732. The molecule has 2 N–H and O–H groups in total. The van der Waals surface area contributed by atoms with Crippen LogP contribution in [-0.4, -0.2) is 47.0 Å². The molecule has 20 heavy (non-hydrogen) atoms. The summed E-state index contributed by atoms with van der Waals surface area (Å²) < 4.78 is 5.79. The zero-order valence-corrected chi connectivity index (χ0v) is 11.6. The van der Waals surface area contributed by atoms with Gasteiger partial charge in [0.1, 0.15) is 5.52 Å². The largest absolute Gasteiger partial charge is 0.439 e. The first-order chi connectivity index (χ1) is 9.78. The first-order valence-electron chi connectivity index (χ1n) is 7.39. The fourth-order valence-electron chi connectivity index (χ4n) is 2.98. The number of anilines is 1. The molecule has 0 bridgehead atoms. The van der Waals surface area contributed by atoms with Gasteiger partial charge in [-0.05, 0) is 31.0 Å². The molecule has 4 rings (SSSR count). The second-order valence-corrected chi connectivity index (χ2v) is 5.88. The monoisotopic (exact) mass is 272 g/mol. The molecule has 1 aliphatic carbocycles. The molecule has 0 spiro atoms. The van der Waals surface area contributed by atoms with E-state index in [4.69, 9.17) is 10.2 Å². The van der Waals surface area contributed by atoms with E-state index in [-0.39, 0.29) is 0 Å². The number of aromatic nitrogens is 1. The quantitative estimate of drug-likeness (QED) is 0.862. The lowest BCUT2D eigenvalue weighted by atomic mass is 10.3. The summed E-state index contributed by atoms with van der Waals surface area (Å²) in [6.45, 7) is 5.37. The van der Waals surface area contributed by atoms with Crippen molar-refractivity contribution in [3.05, 3.63) is 24.1 Å². The van der Waals surface area contributed by atoms with E-state index in [0.717, 1.165) is 48.4 Å². The summed E-state index contributed by atoms with van der Waals surface area (Å²) in [5.41, 5.74) is 8.18. The van der Waals surface area contributed by atoms with Crippen LogP contribution >= 0.6 is 0 Å². The predicted octanol–water partition coefficient (Wildman–Crippen LogP) is 1.69. The van der Waals surface area contributed by atoms with Crippen molar-refractivity contribution in [2.45, 2.75) is 25.4 Å². The van der Waals surface area contributed by atoms with Crippen molar-refractivity contribution in [3.8, 4) is 0 Å². The third-order valence-electron chi connectivity index (χ3n) is 4.28. The number of fused-ring (bicyclic) bond motifs is 1. The van der Waals surface area contributed by atoms with E-state index in [1.54, 1.807) is 0 Å². The molecular formula is C15H20N4O. The summed E-state index contributed by atoms with van der Waals surface area (Å²) in [5, 5.41) is 0. The van der Waals surface area contributed by atoms with Crippen molar-refractivity contribution >= 4 is 16.8 Å². The first kappa shape index (κ1) is 12.2. The minimum atomic E-state index is 0.732. The molecular weight excluding hydrogens is 252 g/mol. The molecule has 2 heterocycles. The van der Waals surface area contributed by atoms with Gasteiger partial charge < -0.3 is 10.2 Å². The molecule has 2 aromatic rings. The average Bonchev–Trinajstić information content (AvgIpc) is 3.21. The Kier molecular flexibility index (Phi) is 2.89. The van der Waals surface area contributed by atoms with Gasteiger partial charge in [-0.3, -0.25) is 9.80 Å². The topological polar surface area (TPSA) is 58.5 Å². The highest BCUT2D eigenvalue weighted by Gasteiger charge is 2.31. The molecule has 2 aliphatic rings. The summed E-state index contributed by atoms with van der Waals surface area (Å²) >= 11 is 0. The van der Waals surface area contributed by atoms with Crippen LogP contribution in [0.1, 0.15) is 18.7 Å². The normalized spacial score (nSPS) is 21.6. The Bertz CT molecular complexity index is 611. The smallest absolute Gasteiger partial charge is 0.209 e. The standard InChI is InChI=1S/C15H20N4O/c16-11-1-4-14-13(9-11)17-15(20-14)10-18-5-7-19(8-6-18)12-2-3-12/h1,4,9,12H,2-3,5-8,10,16H2. The lowest BCUT2D eigenvalue weighted by Gasteiger charge is -2.34. The molecule has 1 aromatic carbocycles. The summed E-state index contributed by atoms with van der Waals surface area (Å²) in [6.07, 6.45) is 2.79. The van der Waals surface area contributed by atoms with Crippen LogP contribution in [0.3, 0.4) is 0 Å². The lowest BCUT2D eigenvalue weighted by molar-refractivity contribution is 0.114. The van der Waals surface area contributed by atoms with Crippen molar-refractivity contribution in [1.82, 2.24) is 14.8 Å². The second kappa shape index (κ2) is 4.75. The Balaban J connectivity index is 1.42. The molecule has 0 atom stereocenters. The van der Waals surface area contributed by atoms with Gasteiger partial charge in [-0.25, -0.2) is 4.98 Å². The maximum atomic E-state index is 5.79. The van der Waals surface area contributed by atoms with E-state index in [2.05, 4.69) is 14.8 Å². The van der Waals surface area contributed by atoms with Gasteiger partial charge in [0.15, 0.2) is 5.58 Å². The number of benzene rings is 1.